The summed E-state index contributed by atoms with van der Waals surface area (Å²) in [6, 6.07) is 3.36. The molecule has 1 aromatic heterocycles. The van der Waals surface area contributed by atoms with Crippen LogP contribution < -0.4 is 10.0 Å². The van der Waals surface area contributed by atoms with Gasteiger partial charge in [-0.1, -0.05) is 15.9 Å². The predicted molar refractivity (Wildman–Crippen MR) is 106 cm³/mol. The third-order valence-electron chi connectivity index (χ3n) is 2.84. The van der Waals surface area contributed by atoms with Crippen molar-refractivity contribution < 1.29 is 8.42 Å². The van der Waals surface area contributed by atoms with Gasteiger partial charge < -0.3 is 5.32 Å². The van der Waals surface area contributed by atoms with Crippen LogP contribution in [0.3, 0.4) is 0 Å². The molecule has 0 spiro atoms. The summed E-state index contributed by atoms with van der Waals surface area (Å²) >= 11 is 9.12. The molecule has 1 aromatic carbocycles. The van der Waals surface area contributed by atoms with Crippen molar-refractivity contribution in [2.45, 2.75) is 6.92 Å². The standard InChI is InChI=1S/C14H14BrClN6O2S/c1-8(15)13(21-14(16)17-2)20-10-5-4-9-11(19-7-6-18-9)12(10)22-25(3,23)24/h4-7,20,22H,2H2,1,3H3/b13-8+,21-14-. The first-order chi connectivity index (χ1) is 11.7. The molecule has 2 N–H and O–H groups in total. The number of amidine groups is 1. The highest BCUT2D eigenvalue weighted by atomic mass is 79.9. The molecule has 0 aliphatic heterocycles. The van der Waals surface area contributed by atoms with Gasteiger partial charge >= 0.3 is 0 Å². The van der Waals surface area contributed by atoms with E-state index in [0.717, 1.165) is 6.26 Å². The van der Waals surface area contributed by atoms with Gasteiger partial charge in [0.15, 0.2) is 0 Å². The molecule has 0 unspecified atom stereocenters. The van der Waals surface area contributed by atoms with E-state index >= 15 is 0 Å². The molecule has 0 atom stereocenters. The second-order valence-electron chi connectivity index (χ2n) is 4.83. The number of anilines is 2. The molecule has 0 amide bonds. The van der Waals surface area contributed by atoms with Crippen LogP contribution in [0.2, 0.25) is 0 Å². The molecule has 11 heteroatoms. The Hall–Kier alpha value is -2.04. The molecule has 1 heterocycles. The molecule has 2 rings (SSSR count). The van der Waals surface area contributed by atoms with E-state index < -0.39 is 10.0 Å². The summed E-state index contributed by atoms with van der Waals surface area (Å²) in [7, 11) is -3.55. The lowest BCUT2D eigenvalue weighted by Gasteiger charge is -2.15. The Labute approximate surface area is 158 Å². The summed E-state index contributed by atoms with van der Waals surface area (Å²) in [5.41, 5.74) is 1.60. The minimum absolute atomic E-state index is 0.0699. The maximum Gasteiger partial charge on any atom is 0.229 e. The molecule has 8 nitrogen and oxygen atoms in total. The highest BCUT2D eigenvalue weighted by Crippen LogP contribution is 2.32. The Kier molecular flexibility index (Phi) is 6.09. The van der Waals surface area contributed by atoms with Crippen molar-refractivity contribution in [2.24, 2.45) is 9.98 Å². The number of hydrogen-bond donors (Lipinski definition) is 2. The molecule has 2 aromatic rings. The maximum atomic E-state index is 11.8. The van der Waals surface area contributed by atoms with Crippen LogP contribution in [0.4, 0.5) is 11.4 Å². The summed E-state index contributed by atoms with van der Waals surface area (Å²) in [4.78, 5) is 16.0. The van der Waals surface area contributed by atoms with Crippen molar-refractivity contribution in [3.63, 3.8) is 0 Å². The number of aliphatic imine (C=N–C) groups is 2. The van der Waals surface area contributed by atoms with E-state index in [2.05, 4.69) is 52.6 Å². The maximum absolute atomic E-state index is 11.8. The second-order valence-corrected chi connectivity index (χ2v) is 8.11. The lowest BCUT2D eigenvalue weighted by molar-refractivity contribution is 0.607. The molecule has 0 radical (unpaired) electrons. The number of rotatable bonds is 5. The van der Waals surface area contributed by atoms with Gasteiger partial charge in [-0.2, -0.15) is 4.99 Å². The number of aromatic nitrogens is 2. The predicted octanol–water partition coefficient (Wildman–Crippen LogP) is 3.29. The van der Waals surface area contributed by atoms with Gasteiger partial charge in [-0.05, 0) is 37.4 Å². The molecule has 25 heavy (non-hydrogen) atoms. The van der Waals surface area contributed by atoms with Crippen LogP contribution in [0, 0.1) is 0 Å². The highest BCUT2D eigenvalue weighted by molar-refractivity contribution is 9.11. The van der Waals surface area contributed by atoms with E-state index in [0.29, 0.717) is 27.0 Å². The van der Waals surface area contributed by atoms with Gasteiger partial charge in [-0.15, -0.1) is 0 Å². The molecule has 0 saturated carbocycles. The Morgan fingerprint density at radius 2 is 2.00 bits per heavy atom. The Balaban J connectivity index is 2.62. The van der Waals surface area contributed by atoms with Crippen LogP contribution in [0.15, 0.2) is 44.8 Å². The first kappa shape index (κ1) is 19.3. The van der Waals surface area contributed by atoms with Crippen molar-refractivity contribution in [2.75, 3.05) is 16.3 Å². The highest BCUT2D eigenvalue weighted by Gasteiger charge is 2.15. The lowest BCUT2D eigenvalue weighted by atomic mass is 10.2. The van der Waals surface area contributed by atoms with Crippen LogP contribution in [-0.2, 0) is 10.0 Å². The van der Waals surface area contributed by atoms with E-state index in [1.165, 1.54) is 12.4 Å². The van der Waals surface area contributed by atoms with Gasteiger partial charge in [0.25, 0.3) is 0 Å². The fourth-order valence-corrected chi connectivity index (χ4v) is 2.73. The van der Waals surface area contributed by atoms with Crippen LogP contribution in [0.5, 0.6) is 0 Å². The van der Waals surface area contributed by atoms with Crippen molar-refractivity contribution in [1.82, 2.24) is 9.97 Å². The number of halogens is 2. The zero-order chi connectivity index (χ0) is 18.6. The number of allylic oxidation sites excluding steroid dienone is 1. The van der Waals surface area contributed by atoms with Crippen LogP contribution in [0.1, 0.15) is 6.92 Å². The Morgan fingerprint density at radius 1 is 1.32 bits per heavy atom. The van der Waals surface area contributed by atoms with Crippen LogP contribution >= 0.6 is 27.5 Å². The zero-order valence-electron chi connectivity index (χ0n) is 13.3. The van der Waals surface area contributed by atoms with Crippen LogP contribution in [-0.4, -0.2) is 36.7 Å². The molecule has 132 valence electrons. The largest absolute Gasteiger partial charge is 0.338 e. The molecule has 0 saturated heterocycles. The van der Waals surface area contributed by atoms with Gasteiger partial charge in [0.1, 0.15) is 11.3 Å². The second kappa shape index (κ2) is 7.89. The van der Waals surface area contributed by atoms with E-state index in [1.807, 2.05) is 0 Å². The number of nitrogens with zero attached hydrogens (tertiary/aromatic N) is 4. The van der Waals surface area contributed by atoms with Crippen molar-refractivity contribution in [3.8, 4) is 0 Å². The summed E-state index contributed by atoms with van der Waals surface area (Å²) in [5.74, 6) is 0.331. The van der Waals surface area contributed by atoms with E-state index in [9.17, 15) is 8.42 Å². The minimum Gasteiger partial charge on any atom is -0.338 e. The summed E-state index contributed by atoms with van der Waals surface area (Å²) in [6.45, 7) is 5.04. The van der Waals surface area contributed by atoms with Gasteiger partial charge in [0.05, 0.1) is 23.1 Å². The van der Waals surface area contributed by atoms with Crippen LogP contribution in [0.25, 0.3) is 11.0 Å². The molecular formula is C14H14BrClN6O2S. The average Bonchev–Trinajstić information content (AvgIpc) is 2.54. The normalized spacial score (nSPS) is 13.4. The first-order valence-electron chi connectivity index (χ1n) is 6.77. The third kappa shape index (κ3) is 5.21. The minimum atomic E-state index is -3.55. The topological polar surface area (TPSA) is 109 Å². The van der Waals surface area contributed by atoms with Crippen molar-refractivity contribution in [3.05, 3.63) is 34.8 Å². The monoisotopic (exact) mass is 444 g/mol. The quantitative estimate of drug-likeness (QED) is 0.417. The fraction of sp³-hybridized carbons (Fsp3) is 0.143. The summed E-state index contributed by atoms with van der Waals surface area (Å²) in [5, 5.41) is 2.94. The van der Waals surface area contributed by atoms with Crippen molar-refractivity contribution in [1.29, 1.82) is 0 Å². The zero-order valence-corrected chi connectivity index (χ0v) is 16.4. The number of sulfonamides is 1. The number of benzene rings is 1. The summed E-state index contributed by atoms with van der Waals surface area (Å²) in [6.07, 6.45) is 4.05. The van der Waals surface area contributed by atoms with Gasteiger partial charge in [0, 0.05) is 16.9 Å². The van der Waals surface area contributed by atoms with E-state index in [4.69, 9.17) is 11.6 Å². The Morgan fingerprint density at radius 3 is 2.60 bits per heavy atom. The fourth-order valence-electron chi connectivity index (χ4n) is 1.88. The number of fused-ring (bicyclic) bond motifs is 1. The molecule has 0 bridgehead atoms. The van der Waals surface area contributed by atoms with Gasteiger partial charge in [-0.3, -0.25) is 14.7 Å². The molecule has 0 aliphatic carbocycles. The molecule has 0 fully saturated rings. The van der Waals surface area contributed by atoms with Crippen molar-refractivity contribution >= 4 is 72.0 Å². The van der Waals surface area contributed by atoms with E-state index in [1.54, 1.807) is 19.1 Å². The SMILES string of the molecule is C=N/C(Cl)=N\C(Nc1ccc2nccnc2c1NS(C)(=O)=O)=C(/C)Br. The van der Waals surface area contributed by atoms with Gasteiger partial charge in [-0.25, -0.2) is 13.4 Å². The lowest BCUT2D eigenvalue weighted by Crippen LogP contribution is -2.13. The third-order valence-corrected chi connectivity index (χ3v) is 4.00. The molecule has 0 aliphatic rings. The Bertz CT molecular complexity index is 986. The molecular weight excluding hydrogens is 432 g/mol. The first-order valence-corrected chi connectivity index (χ1v) is 9.83. The average molecular weight is 446 g/mol. The summed E-state index contributed by atoms with van der Waals surface area (Å²) < 4.78 is 26.6. The number of nitrogens with one attached hydrogen (secondary N) is 2. The smallest absolute Gasteiger partial charge is 0.229 e. The van der Waals surface area contributed by atoms with Gasteiger partial charge in [0.2, 0.25) is 15.3 Å². The number of hydrogen-bond acceptors (Lipinski definition) is 6. The van der Waals surface area contributed by atoms with E-state index in [-0.39, 0.29) is 11.0 Å².